The Morgan fingerprint density at radius 1 is 1.33 bits per heavy atom. The van der Waals surface area contributed by atoms with Gasteiger partial charge >= 0.3 is 0 Å². The molecule has 0 saturated carbocycles. The van der Waals surface area contributed by atoms with Gasteiger partial charge in [-0.1, -0.05) is 6.07 Å². The van der Waals surface area contributed by atoms with E-state index >= 15 is 0 Å². The zero-order valence-corrected chi connectivity index (χ0v) is 17.6. The van der Waals surface area contributed by atoms with Gasteiger partial charge in [-0.3, -0.25) is 9.48 Å². The number of aryl methyl sites for hydroxylation is 3. The summed E-state index contributed by atoms with van der Waals surface area (Å²) in [7, 11) is 0. The Hall–Kier alpha value is -2.58. The zero-order valence-electron chi connectivity index (χ0n) is 16.8. The lowest BCUT2D eigenvalue weighted by atomic mass is 10.0. The van der Waals surface area contributed by atoms with E-state index in [0.717, 1.165) is 42.3 Å². The van der Waals surface area contributed by atoms with Crippen molar-refractivity contribution in [3.05, 3.63) is 63.0 Å². The second kappa shape index (κ2) is 8.65. The van der Waals surface area contributed by atoms with Crippen molar-refractivity contribution in [3.63, 3.8) is 0 Å². The number of nitrogens with one attached hydrogen (secondary N) is 1. The fraction of sp³-hybridized carbons (Fsp3) is 0.364. The molecule has 0 saturated heterocycles. The average molecular weight is 431 g/mol. The van der Waals surface area contributed by atoms with Crippen LogP contribution in [0.5, 0.6) is 0 Å². The van der Waals surface area contributed by atoms with Crippen LogP contribution in [0.4, 0.5) is 8.78 Å². The predicted molar refractivity (Wildman–Crippen MR) is 114 cm³/mol. The molecule has 3 aromatic rings. The van der Waals surface area contributed by atoms with E-state index in [2.05, 4.69) is 10.4 Å². The van der Waals surface area contributed by atoms with E-state index in [1.54, 1.807) is 0 Å². The van der Waals surface area contributed by atoms with Gasteiger partial charge in [-0.05, 0) is 68.5 Å². The van der Waals surface area contributed by atoms with E-state index in [-0.39, 0.29) is 11.9 Å². The Balaban J connectivity index is 1.54. The number of aromatic nitrogens is 2. The van der Waals surface area contributed by atoms with E-state index in [4.69, 9.17) is 5.73 Å². The van der Waals surface area contributed by atoms with Crippen LogP contribution in [0.3, 0.4) is 0 Å². The van der Waals surface area contributed by atoms with Crippen LogP contribution in [0.1, 0.15) is 38.5 Å². The third kappa shape index (κ3) is 4.15. The van der Waals surface area contributed by atoms with Crippen molar-refractivity contribution in [2.45, 2.75) is 45.2 Å². The Kier molecular flexibility index (Phi) is 5.97. The third-order valence-electron chi connectivity index (χ3n) is 5.40. The number of nitrogens with zero attached hydrogens (tertiary/aromatic N) is 2. The van der Waals surface area contributed by atoms with Crippen molar-refractivity contribution in [3.8, 4) is 11.3 Å². The first-order chi connectivity index (χ1) is 14.5. The van der Waals surface area contributed by atoms with Gasteiger partial charge in [-0.2, -0.15) is 5.10 Å². The number of amides is 1. The lowest BCUT2D eigenvalue weighted by molar-refractivity contribution is 0.0939. The van der Waals surface area contributed by atoms with Gasteiger partial charge in [0.2, 0.25) is 0 Å². The summed E-state index contributed by atoms with van der Waals surface area (Å²) in [5.74, 6) is -1.94. The maximum Gasteiger partial charge on any atom is 0.261 e. The predicted octanol–water partition coefficient (Wildman–Crippen LogP) is 3.83. The topological polar surface area (TPSA) is 72.9 Å². The minimum atomic E-state index is -0.890. The Bertz CT molecular complexity index is 1080. The standard InChI is InChI=1S/C22H24F2N4OS/c1-13-12-26-28-8-2-3-19-16(21(13)28)11-20(30-19)22(29)27-15(6-7-25)9-14-4-5-17(23)18(24)10-14/h4-5,10-12,15H,2-3,6-9,25H2,1H3,(H,27,29)/t15-/m1/s1. The Morgan fingerprint density at radius 2 is 2.17 bits per heavy atom. The van der Waals surface area contributed by atoms with Crippen molar-refractivity contribution in [2.24, 2.45) is 5.73 Å². The van der Waals surface area contributed by atoms with Crippen LogP contribution in [-0.4, -0.2) is 28.3 Å². The van der Waals surface area contributed by atoms with Gasteiger partial charge in [-0.25, -0.2) is 8.78 Å². The van der Waals surface area contributed by atoms with Gasteiger partial charge < -0.3 is 11.1 Å². The van der Waals surface area contributed by atoms with Crippen molar-refractivity contribution < 1.29 is 13.6 Å². The number of rotatable bonds is 6. The summed E-state index contributed by atoms with van der Waals surface area (Å²) in [6.07, 6.45) is 4.69. The van der Waals surface area contributed by atoms with Gasteiger partial charge in [0.05, 0.1) is 16.8 Å². The van der Waals surface area contributed by atoms with Gasteiger partial charge in [-0.15, -0.1) is 11.3 Å². The first-order valence-electron chi connectivity index (χ1n) is 10.1. The van der Waals surface area contributed by atoms with Crippen LogP contribution in [-0.2, 0) is 19.4 Å². The van der Waals surface area contributed by atoms with Gasteiger partial charge in [0.25, 0.3) is 5.91 Å². The highest BCUT2D eigenvalue weighted by molar-refractivity contribution is 7.14. The van der Waals surface area contributed by atoms with E-state index in [1.165, 1.54) is 28.3 Å². The minimum absolute atomic E-state index is 0.169. The molecule has 0 unspecified atom stereocenters. The molecule has 5 nitrogen and oxygen atoms in total. The minimum Gasteiger partial charge on any atom is -0.348 e. The number of thiophene rings is 1. The molecule has 8 heteroatoms. The number of carbonyl (C=O) groups excluding carboxylic acids is 1. The smallest absolute Gasteiger partial charge is 0.261 e. The van der Waals surface area contributed by atoms with Crippen molar-refractivity contribution >= 4 is 17.2 Å². The van der Waals surface area contributed by atoms with Crippen molar-refractivity contribution in [1.82, 2.24) is 15.1 Å². The number of nitrogens with two attached hydrogens (primary N) is 1. The molecule has 158 valence electrons. The second-order valence-corrected chi connectivity index (χ2v) is 8.79. The number of fused-ring (bicyclic) bond motifs is 3. The maximum absolute atomic E-state index is 13.5. The fourth-order valence-corrected chi connectivity index (χ4v) is 5.06. The number of halogens is 2. The molecular weight excluding hydrogens is 406 g/mol. The number of benzene rings is 1. The van der Waals surface area contributed by atoms with Crippen molar-refractivity contribution in [2.75, 3.05) is 6.54 Å². The largest absolute Gasteiger partial charge is 0.348 e. The van der Waals surface area contributed by atoms with Gasteiger partial charge in [0.1, 0.15) is 0 Å². The fourth-order valence-electron chi connectivity index (χ4n) is 3.95. The van der Waals surface area contributed by atoms with Crippen LogP contribution in [0, 0.1) is 18.6 Å². The summed E-state index contributed by atoms with van der Waals surface area (Å²) < 4.78 is 28.7. The lowest BCUT2D eigenvalue weighted by Gasteiger charge is -2.18. The maximum atomic E-state index is 13.5. The van der Waals surface area contributed by atoms with E-state index in [1.807, 2.05) is 23.9 Å². The monoisotopic (exact) mass is 430 g/mol. The molecule has 0 radical (unpaired) electrons. The molecule has 1 aliphatic rings. The highest BCUT2D eigenvalue weighted by Crippen LogP contribution is 2.36. The first kappa shape index (κ1) is 20.7. The molecular formula is C22H24F2N4OS. The number of hydrogen-bond acceptors (Lipinski definition) is 4. The Labute approximate surface area is 177 Å². The molecule has 1 amide bonds. The molecule has 4 rings (SSSR count). The van der Waals surface area contributed by atoms with Crippen LogP contribution >= 0.6 is 11.3 Å². The molecule has 2 aromatic heterocycles. The van der Waals surface area contributed by atoms with Crippen LogP contribution in [0.25, 0.3) is 11.3 Å². The van der Waals surface area contributed by atoms with E-state index in [0.29, 0.717) is 29.8 Å². The summed E-state index contributed by atoms with van der Waals surface area (Å²) in [6.45, 7) is 3.29. The first-order valence-corrected chi connectivity index (χ1v) is 10.9. The normalized spacial score (nSPS) is 14.0. The number of hydrogen-bond donors (Lipinski definition) is 2. The van der Waals surface area contributed by atoms with Gasteiger partial charge in [0, 0.05) is 23.0 Å². The van der Waals surface area contributed by atoms with Crippen LogP contribution in [0.2, 0.25) is 0 Å². The quantitative estimate of drug-likeness (QED) is 0.624. The molecule has 3 heterocycles. The third-order valence-corrected chi connectivity index (χ3v) is 6.59. The van der Waals surface area contributed by atoms with Crippen molar-refractivity contribution in [1.29, 1.82) is 0 Å². The highest BCUT2D eigenvalue weighted by atomic mass is 32.1. The molecule has 0 fully saturated rings. The van der Waals surface area contributed by atoms with Gasteiger partial charge in [0.15, 0.2) is 11.6 Å². The lowest BCUT2D eigenvalue weighted by Crippen LogP contribution is -2.37. The zero-order chi connectivity index (χ0) is 21.3. The summed E-state index contributed by atoms with van der Waals surface area (Å²) in [5.41, 5.74) is 9.59. The van der Waals surface area contributed by atoms with Crippen LogP contribution < -0.4 is 11.1 Å². The summed E-state index contributed by atoms with van der Waals surface area (Å²) in [6, 6.07) is 5.49. The van der Waals surface area contributed by atoms with E-state index < -0.39 is 11.6 Å². The number of carbonyl (C=O) groups is 1. The highest BCUT2D eigenvalue weighted by Gasteiger charge is 2.23. The summed E-state index contributed by atoms with van der Waals surface area (Å²) >= 11 is 1.51. The molecule has 1 aliphatic heterocycles. The molecule has 0 bridgehead atoms. The molecule has 3 N–H and O–H groups in total. The molecule has 30 heavy (non-hydrogen) atoms. The second-order valence-electron chi connectivity index (χ2n) is 7.65. The van der Waals surface area contributed by atoms with E-state index in [9.17, 15) is 13.6 Å². The molecule has 0 aliphatic carbocycles. The average Bonchev–Trinajstić information content (AvgIpc) is 3.24. The molecule has 0 spiro atoms. The molecule has 1 aromatic carbocycles. The summed E-state index contributed by atoms with van der Waals surface area (Å²) in [5, 5.41) is 7.48. The summed E-state index contributed by atoms with van der Waals surface area (Å²) in [4.78, 5) is 14.8. The SMILES string of the molecule is Cc1cnn2c1-c1cc(C(=O)N[C@H](CCN)Cc3ccc(F)c(F)c3)sc1CCC2. The van der Waals surface area contributed by atoms with Crippen LogP contribution in [0.15, 0.2) is 30.5 Å². The molecule has 1 atom stereocenters. The Morgan fingerprint density at radius 3 is 2.93 bits per heavy atom.